The maximum Gasteiger partial charge on any atom is 0.160 e. The van der Waals surface area contributed by atoms with Crippen molar-refractivity contribution in [3.8, 4) is 0 Å². The molecule has 1 aromatic heterocycles. The van der Waals surface area contributed by atoms with E-state index in [9.17, 15) is 4.79 Å². The largest absolute Gasteiger partial charge is 0.294 e. The van der Waals surface area contributed by atoms with Crippen LogP contribution in [0.2, 0.25) is 0 Å². The van der Waals surface area contributed by atoms with Gasteiger partial charge in [-0.25, -0.2) is 0 Å². The Balaban J connectivity index is 2.36. The highest BCUT2D eigenvalue weighted by atomic mass is 32.1. The number of Topliss-reactive ketones (excluding diaryl/α,β-unsaturated/α-hetero) is 1. The molecule has 0 aliphatic carbocycles. The number of benzene rings is 3. The predicted molar refractivity (Wildman–Crippen MR) is 86.8 cm³/mol. The lowest BCUT2D eigenvalue weighted by Gasteiger charge is -2.04. The average molecular weight is 276 g/mol. The number of carbonyl (C=O) groups excluding carboxylic acids is 1. The maximum atomic E-state index is 12.0. The maximum absolute atomic E-state index is 12.0. The zero-order valence-electron chi connectivity index (χ0n) is 11.0. The Kier molecular flexibility index (Phi) is 2.41. The van der Waals surface area contributed by atoms with Gasteiger partial charge in [-0.1, -0.05) is 42.5 Å². The van der Waals surface area contributed by atoms with Gasteiger partial charge in [0.05, 0.1) is 0 Å². The van der Waals surface area contributed by atoms with Gasteiger partial charge in [-0.05, 0) is 29.8 Å². The molecular weight excluding hydrogens is 264 g/mol. The summed E-state index contributed by atoms with van der Waals surface area (Å²) in [6, 6.07) is 18.6. The summed E-state index contributed by atoms with van der Waals surface area (Å²) in [7, 11) is 0. The summed E-state index contributed by atoms with van der Waals surface area (Å²) in [4.78, 5) is 12.0. The molecule has 0 unspecified atom stereocenters. The minimum absolute atomic E-state index is 0.129. The molecular formula is C18H12OS. The van der Waals surface area contributed by atoms with Crippen molar-refractivity contribution in [3.63, 3.8) is 0 Å². The van der Waals surface area contributed by atoms with Gasteiger partial charge in [-0.2, -0.15) is 0 Å². The summed E-state index contributed by atoms with van der Waals surface area (Å²) >= 11 is 1.77. The van der Waals surface area contributed by atoms with E-state index in [0.29, 0.717) is 0 Å². The fourth-order valence-electron chi connectivity index (χ4n) is 2.84. The lowest BCUT2D eigenvalue weighted by molar-refractivity contribution is 0.101. The van der Waals surface area contributed by atoms with Crippen molar-refractivity contribution in [2.45, 2.75) is 6.92 Å². The highest BCUT2D eigenvalue weighted by Crippen LogP contribution is 2.40. The number of hydrogen-bond donors (Lipinski definition) is 0. The van der Waals surface area contributed by atoms with E-state index in [2.05, 4.69) is 30.3 Å². The van der Waals surface area contributed by atoms with Gasteiger partial charge in [0, 0.05) is 25.7 Å². The van der Waals surface area contributed by atoms with Crippen molar-refractivity contribution < 1.29 is 4.79 Å². The van der Waals surface area contributed by atoms with Crippen LogP contribution in [0.25, 0.3) is 30.9 Å². The third-order valence-electron chi connectivity index (χ3n) is 3.75. The van der Waals surface area contributed by atoms with Crippen molar-refractivity contribution in [3.05, 3.63) is 60.2 Å². The smallest absolute Gasteiger partial charge is 0.160 e. The molecule has 3 aromatic carbocycles. The lowest BCUT2D eigenvalue weighted by atomic mass is 9.98. The van der Waals surface area contributed by atoms with Crippen LogP contribution in [0.15, 0.2) is 54.6 Å². The second-order valence-electron chi connectivity index (χ2n) is 5.00. The third-order valence-corrected chi connectivity index (χ3v) is 4.95. The van der Waals surface area contributed by atoms with Crippen LogP contribution < -0.4 is 0 Å². The van der Waals surface area contributed by atoms with Gasteiger partial charge >= 0.3 is 0 Å². The van der Waals surface area contributed by atoms with Crippen LogP contribution in [0.5, 0.6) is 0 Å². The topological polar surface area (TPSA) is 17.1 Å². The molecule has 0 saturated heterocycles. The lowest BCUT2D eigenvalue weighted by Crippen LogP contribution is -1.93. The van der Waals surface area contributed by atoms with E-state index in [-0.39, 0.29) is 5.78 Å². The van der Waals surface area contributed by atoms with Crippen LogP contribution in [0.4, 0.5) is 0 Å². The second kappa shape index (κ2) is 4.15. The molecule has 1 heterocycles. The normalized spacial score (nSPS) is 11.4. The van der Waals surface area contributed by atoms with Crippen LogP contribution in [0.1, 0.15) is 17.3 Å². The van der Waals surface area contributed by atoms with Crippen molar-refractivity contribution in [2.75, 3.05) is 0 Å². The summed E-state index contributed by atoms with van der Waals surface area (Å²) in [5.41, 5.74) is 0.830. The molecule has 0 bridgehead atoms. The predicted octanol–water partition coefficient (Wildman–Crippen LogP) is 5.41. The van der Waals surface area contributed by atoms with Gasteiger partial charge in [0.25, 0.3) is 0 Å². The highest BCUT2D eigenvalue weighted by molar-refractivity contribution is 7.26. The van der Waals surface area contributed by atoms with Gasteiger partial charge in [-0.3, -0.25) is 4.79 Å². The Bertz CT molecular complexity index is 979. The van der Waals surface area contributed by atoms with E-state index in [1.54, 1.807) is 18.3 Å². The van der Waals surface area contributed by atoms with Crippen LogP contribution in [-0.2, 0) is 0 Å². The van der Waals surface area contributed by atoms with Crippen molar-refractivity contribution in [1.29, 1.82) is 0 Å². The molecule has 0 spiro atoms. The van der Waals surface area contributed by atoms with Gasteiger partial charge in [0.15, 0.2) is 5.78 Å². The fourth-order valence-corrected chi connectivity index (χ4v) is 4.10. The molecule has 0 amide bonds. The Morgan fingerprint density at radius 1 is 0.950 bits per heavy atom. The van der Waals surface area contributed by atoms with Crippen LogP contribution in [-0.4, -0.2) is 5.78 Å². The Hall–Kier alpha value is -2.19. The minimum atomic E-state index is 0.129. The van der Waals surface area contributed by atoms with Crippen molar-refractivity contribution in [1.82, 2.24) is 0 Å². The molecule has 0 fully saturated rings. The quantitative estimate of drug-likeness (QED) is 0.425. The number of thiophene rings is 1. The molecule has 96 valence electrons. The van der Waals surface area contributed by atoms with E-state index < -0.39 is 0 Å². The number of rotatable bonds is 1. The van der Waals surface area contributed by atoms with Gasteiger partial charge < -0.3 is 0 Å². The molecule has 0 aliphatic rings. The van der Waals surface area contributed by atoms with Crippen LogP contribution in [0, 0.1) is 0 Å². The second-order valence-corrected chi connectivity index (χ2v) is 6.06. The first-order chi connectivity index (χ1) is 9.75. The van der Waals surface area contributed by atoms with Gasteiger partial charge in [-0.15, -0.1) is 11.3 Å². The first-order valence-corrected chi connectivity index (χ1v) is 7.41. The summed E-state index contributed by atoms with van der Waals surface area (Å²) in [6.45, 7) is 1.65. The molecule has 20 heavy (non-hydrogen) atoms. The van der Waals surface area contributed by atoms with Crippen LogP contribution >= 0.6 is 11.3 Å². The summed E-state index contributed by atoms with van der Waals surface area (Å²) < 4.78 is 2.45. The summed E-state index contributed by atoms with van der Waals surface area (Å²) in [5.74, 6) is 0.129. The van der Waals surface area contributed by atoms with E-state index >= 15 is 0 Å². The molecule has 1 nitrogen and oxygen atoms in total. The zero-order valence-corrected chi connectivity index (χ0v) is 11.8. The van der Waals surface area contributed by atoms with Gasteiger partial charge in [0.2, 0.25) is 0 Å². The first kappa shape index (κ1) is 11.6. The summed E-state index contributed by atoms with van der Waals surface area (Å²) in [6.07, 6.45) is 0. The SMILES string of the molecule is CC(=O)c1cc2ccccc2c2sc3ccccc3c12. The Labute approximate surface area is 120 Å². The molecule has 4 rings (SSSR count). The molecule has 2 heteroatoms. The zero-order chi connectivity index (χ0) is 13.7. The molecule has 0 aliphatic heterocycles. The van der Waals surface area contributed by atoms with Crippen molar-refractivity contribution in [2.24, 2.45) is 0 Å². The third kappa shape index (κ3) is 1.52. The summed E-state index contributed by atoms with van der Waals surface area (Å²) in [5, 5.41) is 4.66. The first-order valence-electron chi connectivity index (χ1n) is 6.59. The molecule has 0 saturated carbocycles. The fraction of sp³-hybridized carbons (Fsp3) is 0.0556. The molecule has 4 aromatic rings. The minimum Gasteiger partial charge on any atom is -0.294 e. The van der Waals surface area contributed by atoms with Gasteiger partial charge in [0.1, 0.15) is 0 Å². The number of carbonyl (C=O) groups is 1. The van der Waals surface area contributed by atoms with Crippen LogP contribution in [0.3, 0.4) is 0 Å². The number of hydrogen-bond acceptors (Lipinski definition) is 2. The molecule has 0 N–H and O–H groups in total. The molecule has 0 radical (unpaired) electrons. The molecule has 0 atom stereocenters. The average Bonchev–Trinajstić information content (AvgIpc) is 2.86. The van der Waals surface area contributed by atoms with E-state index in [1.165, 1.54) is 20.2 Å². The van der Waals surface area contributed by atoms with E-state index in [1.807, 2.05) is 24.3 Å². The van der Waals surface area contributed by atoms with E-state index in [0.717, 1.165) is 16.3 Å². The monoisotopic (exact) mass is 276 g/mol. The standard InChI is InChI=1S/C18H12OS/c1-11(19)15-10-12-6-2-3-7-13(12)18-17(15)14-8-4-5-9-16(14)20-18/h2-10H,1H3. The number of ketones is 1. The number of fused-ring (bicyclic) bond motifs is 5. The highest BCUT2D eigenvalue weighted by Gasteiger charge is 2.14. The Morgan fingerprint density at radius 3 is 2.45 bits per heavy atom. The Morgan fingerprint density at radius 2 is 1.65 bits per heavy atom. The van der Waals surface area contributed by atoms with E-state index in [4.69, 9.17) is 0 Å². The van der Waals surface area contributed by atoms with Crippen molar-refractivity contribution >= 4 is 48.1 Å².